The minimum absolute atomic E-state index is 0.184. The van der Waals surface area contributed by atoms with Crippen LogP contribution < -0.4 is 10.6 Å². The number of nitrogens with one attached hydrogen (secondary N) is 2. The molecule has 0 saturated carbocycles. The lowest BCUT2D eigenvalue weighted by Gasteiger charge is -2.29. The van der Waals surface area contributed by atoms with E-state index in [9.17, 15) is 14.4 Å². The van der Waals surface area contributed by atoms with E-state index in [1.54, 1.807) is 17.8 Å². The molecule has 2 fully saturated rings. The van der Waals surface area contributed by atoms with E-state index in [1.165, 1.54) is 4.90 Å². The topological polar surface area (TPSA) is 78.5 Å². The van der Waals surface area contributed by atoms with Crippen LogP contribution in [0.2, 0.25) is 5.02 Å². The summed E-state index contributed by atoms with van der Waals surface area (Å²) in [5, 5.41) is 6.81. The highest BCUT2D eigenvalue weighted by Crippen LogP contribution is 2.54. The van der Waals surface area contributed by atoms with Crippen LogP contribution in [-0.2, 0) is 26.3 Å². The second-order valence-corrected chi connectivity index (χ2v) is 10.4. The number of carbonyl (C=O) groups excluding carboxylic acids is 3. The third kappa shape index (κ3) is 3.40. The number of rotatable bonds is 6. The van der Waals surface area contributed by atoms with Crippen molar-refractivity contribution in [1.29, 1.82) is 0 Å². The van der Waals surface area contributed by atoms with Crippen molar-refractivity contribution in [3.8, 4) is 0 Å². The van der Waals surface area contributed by atoms with Gasteiger partial charge in [0.2, 0.25) is 17.7 Å². The molecule has 2 aromatic carbocycles. The van der Waals surface area contributed by atoms with Crippen molar-refractivity contribution in [3.05, 3.63) is 64.2 Å². The number of aryl methyl sites for hydroxylation is 1. The molecule has 3 amide bonds. The summed E-state index contributed by atoms with van der Waals surface area (Å²) >= 11 is 8.15. The van der Waals surface area contributed by atoms with Gasteiger partial charge >= 0.3 is 0 Å². The summed E-state index contributed by atoms with van der Waals surface area (Å²) in [6.45, 7) is 2.22. The predicted octanol–water partition coefficient (Wildman–Crippen LogP) is 3.36. The van der Waals surface area contributed by atoms with Crippen molar-refractivity contribution in [2.24, 2.45) is 11.8 Å². The Bertz CT molecular complexity index is 1140. The quantitative estimate of drug-likeness (QED) is 0.616. The first-order chi connectivity index (χ1) is 15.9. The van der Waals surface area contributed by atoms with Crippen LogP contribution in [0.4, 0.5) is 5.69 Å². The lowest BCUT2D eigenvalue weighted by Crippen LogP contribution is -2.53. The van der Waals surface area contributed by atoms with Crippen LogP contribution >= 0.6 is 23.4 Å². The van der Waals surface area contributed by atoms with Crippen LogP contribution in [0.3, 0.4) is 0 Å². The number of hydrogen-bond acceptors (Lipinski definition) is 5. The fraction of sp³-hybridized carbons (Fsp3) is 0.400. The third-order valence-corrected chi connectivity index (χ3v) is 8.05. The maximum atomic E-state index is 13.8. The predicted molar refractivity (Wildman–Crippen MR) is 130 cm³/mol. The molecule has 0 bridgehead atoms. The Morgan fingerprint density at radius 1 is 1.12 bits per heavy atom. The summed E-state index contributed by atoms with van der Waals surface area (Å²) in [4.78, 5) is 42.2. The highest BCUT2D eigenvalue weighted by molar-refractivity contribution is 7.98. The monoisotopic (exact) mass is 483 g/mol. The molecule has 8 heteroatoms. The normalized spacial score (nSPS) is 27.9. The Labute approximate surface area is 202 Å². The number of nitrogens with zero attached hydrogens (tertiary/aromatic N) is 1. The second-order valence-electron chi connectivity index (χ2n) is 9.03. The van der Waals surface area contributed by atoms with Crippen LogP contribution in [0.1, 0.15) is 23.1 Å². The SMILES string of the molecule is CSCC[C@@H]1N[C@]2(C(=O)Nc3c(Cl)cc(C)cc32)[C@H]2C(=O)N(CCc3ccccc3)C(=O)[C@H]12. The molecule has 3 aliphatic rings. The molecule has 3 aliphatic heterocycles. The molecule has 0 radical (unpaired) electrons. The second kappa shape index (κ2) is 8.46. The first-order valence-corrected chi connectivity index (χ1v) is 12.9. The first-order valence-electron chi connectivity index (χ1n) is 11.2. The highest BCUT2D eigenvalue weighted by atomic mass is 35.5. The van der Waals surface area contributed by atoms with Crippen molar-refractivity contribution in [2.75, 3.05) is 23.9 Å². The van der Waals surface area contributed by atoms with Gasteiger partial charge in [-0.25, -0.2) is 0 Å². The summed E-state index contributed by atoms with van der Waals surface area (Å²) in [5.74, 6) is -1.30. The number of carbonyl (C=O) groups is 3. The number of anilines is 1. The zero-order valence-corrected chi connectivity index (χ0v) is 20.1. The smallest absolute Gasteiger partial charge is 0.250 e. The highest BCUT2D eigenvalue weighted by Gasteiger charge is 2.70. The van der Waals surface area contributed by atoms with Gasteiger partial charge in [0.05, 0.1) is 22.5 Å². The molecule has 0 unspecified atom stereocenters. The Balaban J connectivity index is 1.55. The Hall–Kier alpha value is -2.35. The molecule has 6 nitrogen and oxygen atoms in total. The molecule has 2 aromatic rings. The van der Waals surface area contributed by atoms with Crippen LogP contribution in [0.15, 0.2) is 42.5 Å². The van der Waals surface area contributed by atoms with Crippen molar-refractivity contribution in [2.45, 2.75) is 31.3 Å². The van der Waals surface area contributed by atoms with Crippen LogP contribution in [0, 0.1) is 18.8 Å². The van der Waals surface area contributed by atoms with E-state index >= 15 is 0 Å². The molecule has 0 aromatic heterocycles. The van der Waals surface area contributed by atoms with Crippen molar-refractivity contribution < 1.29 is 14.4 Å². The molecule has 33 heavy (non-hydrogen) atoms. The fourth-order valence-corrected chi connectivity index (χ4v) is 6.46. The van der Waals surface area contributed by atoms with Crippen molar-refractivity contribution in [1.82, 2.24) is 10.2 Å². The summed E-state index contributed by atoms with van der Waals surface area (Å²) in [6, 6.07) is 13.2. The summed E-state index contributed by atoms with van der Waals surface area (Å²) < 4.78 is 0. The van der Waals surface area contributed by atoms with Gasteiger partial charge in [-0.15, -0.1) is 0 Å². The molecule has 0 aliphatic carbocycles. The van der Waals surface area contributed by atoms with Crippen LogP contribution in [0.25, 0.3) is 0 Å². The van der Waals surface area contributed by atoms with Gasteiger partial charge in [-0.1, -0.05) is 48.0 Å². The van der Waals surface area contributed by atoms with Crippen LogP contribution in [-0.4, -0.2) is 47.2 Å². The maximum absolute atomic E-state index is 13.8. The van der Waals surface area contributed by atoms with E-state index in [1.807, 2.05) is 49.6 Å². The van der Waals surface area contributed by atoms with Gasteiger partial charge in [0.1, 0.15) is 5.54 Å². The van der Waals surface area contributed by atoms with Crippen LogP contribution in [0.5, 0.6) is 0 Å². The Kier molecular flexibility index (Phi) is 5.75. The number of amides is 3. The van der Waals surface area contributed by atoms with E-state index in [0.29, 0.717) is 35.7 Å². The number of thioether (sulfide) groups is 1. The Morgan fingerprint density at radius 3 is 2.61 bits per heavy atom. The molecule has 3 heterocycles. The molecular weight excluding hydrogens is 458 g/mol. The van der Waals surface area contributed by atoms with Gasteiger partial charge < -0.3 is 5.32 Å². The molecule has 172 valence electrons. The average molecular weight is 484 g/mol. The molecule has 2 saturated heterocycles. The minimum atomic E-state index is -1.28. The average Bonchev–Trinajstić information content (AvgIpc) is 3.37. The standard InChI is InChI=1S/C25H26ClN3O3S/c1-14-12-16-21(17(26)13-14)27-24(32)25(16)20-19(18(28-25)9-11-33-2)22(30)29(23(20)31)10-8-15-6-4-3-5-7-15/h3-7,12-13,18-20,28H,8-11H2,1-2H3,(H,27,32)/t18-,19+,20+,25-/m0/s1. The first kappa shape index (κ1) is 22.4. The van der Waals surface area contributed by atoms with E-state index in [4.69, 9.17) is 11.6 Å². The molecule has 4 atom stereocenters. The molecular formula is C25H26ClN3O3S. The number of halogens is 1. The number of imide groups is 1. The van der Waals surface area contributed by atoms with E-state index < -0.39 is 17.4 Å². The van der Waals surface area contributed by atoms with Gasteiger partial charge in [-0.2, -0.15) is 11.8 Å². The number of benzene rings is 2. The number of fused-ring (bicyclic) bond motifs is 4. The maximum Gasteiger partial charge on any atom is 0.250 e. The lowest BCUT2D eigenvalue weighted by atomic mass is 9.76. The molecule has 2 N–H and O–H groups in total. The lowest BCUT2D eigenvalue weighted by molar-refractivity contribution is -0.142. The van der Waals surface area contributed by atoms with Gasteiger partial charge in [0.15, 0.2) is 0 Å². The molecule has 5 rings (SSSR count). The van der Waals surface area contributed by atoms with Gasteiger partial charge in [-0.05, 0) is 49.0 Å². The summed E-state index contributed by atoms with van der Waals surface area (Å²) in [7, 11) is 0. The van der Waals surface area contributed by atoms with Gasteiger partial charge in [0, 0.05) is 18.2 Å². The van der Waals surface area contributed by atoms with E-state index in [0.717, 1.165) is 16.9 Å². The minimum Gasteiger partial charge on any atom is -0.323 e. The number of hydrogen-bond donors (Lipinski definition) is 2. The zero-order chi connectivity index (χ0) is 23.3. The summed E-state index contributed by atoms with van der Waals surface area (Å²) in [5.41, 5.74) is 1.89. The molecule has 1 spiro atoms. The van der Waals surface area contributed by atoms with Gasteiger partial charge in [0.25, 0.3) is 0 Å². The fourth-order valence-electron chi connectivity index (χ4n) is 5.65. The largest absolute Gasteiger partial charge is 0.323 e. The Morgan fingerprint density at radius 2 is 1.88 bits per heavy atom. The summed E-state index contributed by atoms with van der Waals surface area (Å²) in [6.07, 6.45) is 3.29. The van der Waals surface area contributed by atoms with Crippen molar-refractivity contribution >= 4 is 46.8 Å². The van der Waals surface area contributed by atoms with Gasteiger partial charge in [-0.3, -0.25) is 24.6 Å². The van der Waals surface area contributed by atoms with E-state index in [2.05, 4.69) is 10.6 Å². The third-order valence-electron chi connectivity index (χ3n) is 7.11. The number of likely N-dealkylation sites (tertiary alicyclic amines) is 1. The zero-order valence-electron chi connectivity index (χ0n) is 18.6. The van der Waals surface area contributed by atoms with Crippen molar-refractivity contribution in [3.63, 3.8) is 0 Å². The van der Waals surface area contributed by atoms with E-state index in [-0.39, 0.29) is 23.8 Å².